The van der Waals surface area contributed by atoms with E-state index in [-0.39, 0.29) is 5.91 Å². The van der Waals surface area contributed by atoms with Crippen molar-refractivity contribution in [3.63, 3.8) is 0 Å². The monoisotopic (exact) mass is 254 g/mol. The Morgan fingerprint density at radius 2 is 1.94 bits per heavy atom. The highest BCUT2D eigenvalue weighted by Crippen LogP contribution is 2.25. The number of hydrogen-bond donors (Lipinski definition) is 1. The molecule has 0 spiro atoms. The Bertz CT molecular complexity index is 513. The molecule has 1 heterocycles. The lowest BCUT2D eigenvalue weighted by Crippen LogP contribution is -2.51. The molecule has 0 radical (unpaired) electrons. The van der Waals surface area contributed by atoms with Gasteiger partial charge < -0.3 is 5.32 Å². The first-order chi connectivity index (χ1) is 8.00. The fourth-order valence-corrected chi connectivity index (χ4v) is 2.98. The third kappa shape index (κ3) is 2.48. The Morgan fingerprint density at radius 3 is 2.53 bits per heavy atom. The Hall–Kier alpha value is -1.40. The number of carbonyl (C=O) groups excluding carboxylic acids is 1. The van der Waals surface area contributed by atoms with Crippen LogP contribution in [0.25, 0.3) is 0 Å². The molecule has 5 nitrogen and oxygen atoms in total. The highest BCUT2D eigenvalue weighted by atomic mass is 32.2. The number of nitrogens with zero attached hydrogens (tertiary/aromatic N) is 1. The predicted molar refractivity (Wildman–Crippen MR) is 63.7 cm³/mol. The van der Waals surface area contributed by atoms with Crippen LogP contribution in [0.4, 0.5) is 0 Å². The number of hydrogen-bond acceptors (Lipinski definition) is 3. The van der Waals surface area contributed by atoms with Crippen molar-refractivity contribution in [2.45, 2.75) is 6.04 Å². The standard InChI is InChI=1S/C11H14N2O3S/c1-17(15,16)13-8-7-12-11(14)10(13)9-5-3-2-4-6-9/h2-6,10H,7-8H2,1H3,(H,12,14). The molecule has 1 aliphatic rings. The molecule has 17 heavy (non-hydrogen) atoms. The molecule has 1 N–H and O–H groups in total. The summed E-state index contributed by atoms with van der Waals surface area (Å²) in [6.07, 6.45) is 1.13. The maximum atomic E-state index is 11.8. The summed E-state index contributed by atoms with van der Waals surface area (Å²) in [5, 5.41) is 2.69. The van der Waals surface area contributed by atoms with E-state index in [1.165, 1.54) is 4.31 Å². The second-order valence-corrected chi connectivity index (χ2v) is 5.91. The number of benzene rings is 1. The normalized spacial score (nSPS) is 22.2. The molecular weight excluding hydrogens is 240 g/mol. The van der Waals surface area contributed by atoms with Gasteiger partial charge in [-0.15, -0.1) is 0 Å². The van der Waals surface area contributed by atoms with E-state index < -0.39 is 16.1 Å². The summed E-state index contributed by atoms with van der Waals surface area (Å²) >= 11 is 0. The van der Waals surface area contributed by atoms with E-state index in [4.69, 9.17) is 0 Å². The topological polar surface area (TPSA) is 66.5 Å². The van der Waals surface area contributed by atoms with E-state index >= 15 is 0 Å². The Balaban J connectivity index is 2.42. The van der Waals surface area contributed by atoms with Crippen molar-refractivity contribution in [1.82, 2.24) is 9.62 Å². The van der Waals surface area contributed by atoms with E-state index in [1.807, 2.05) is 6.07 Å². The molecule has 1 unspecified atom stereocenters. The van der Waals surface area contributed by atoms with Gasteiger partial charge in [0.2, 0.25) is 15.9 Å². The third-order valence-electron chi connectivity index (χ3n) is 2.71. The van der Waals surface area contributed by atoms with Crippen LogP contribution in [0.2, 0.25) is 0 Å². The third-order valence-corrected chi connectivity index (χ3v) is 3.95. The van der Waals surface area contributed by atoms with Crippen LogP contribution in [0.3, 0.4) is 0 Å². The fourth-order valence-electron chi connectivity index (χ4n) is 1.96. The second-order valence-electron chi connectivity index (χ2n) is 3.98. The molecule has 1 fully saturated rings. The zero-order chi connectivity index (χ0) is 12.5. The highest BCUT2D eigenvalue weighted by molar-refractivity contribution is 7.88. The van der Waals surface area contributed by atoms with Gasteiger partial charge in [0.15, 0.2) is 0 Å². The first kappa shape index (κ1) is 12.1. The van der Waals surface area contributed by atoms with Gasteiger partial charge in [-0.25, -0.2) is 8.42 Å². The summed E-state index contributed by atoms with van der Waals surface area (Å²) in [6.45, 7) is 0.666. The molecule has 1 aromatic carbocycles. The van der Waals surface area contributed by atoms with Gasteiger partial charge in [-0.3, -0.25) is 4.79 Å². The summed E-state index contributed by atoms with van der Waals surface area (Å²) in [4.78, 5) is 11.8. The molecule has 0 aromatic heterocycles. The highest BCUT2D eigenvalue weighted by Gasteiger charge is 2.36. The van der Waals surface area contributed by atoms with E-state index in [9.17, 15) is 13.2 Å². The van der Waals surface area contributed by atoms with Crippen molar-refractivity contribution in [3.05, 3.63) is 35.9 Å². The van der Waals surface area contributed by atoms with Crippen LogP contribution in [0.1, 0.15) is 11.6 Å². The van der Waals surface area contributed by atoms with Gasteiger partial charge in [-0.05, 0) is 5.56 Å². The largest absolute Gasteiger partial charge is 0.353 e. The molecule has 0 saturated carbocycles. The number of amides is 1. The summed E-state index contributed by atoms with van der Waals surface area (Å²) in [5.74, 6) is -0.270. The van der Waals surface area contributed by atoms with Crippen molar-refractivity contribution >= 4 is 15.9 Å². The van der Waals surface area contributed by atoms with Crippen molar-refractivity contribution in [2.24, 2.45) is 0 Å². The molecule has 1 aliphatic heterocycles. The molecule has 1 amide bonds. The number of rotatable bonds is 2. The number of nitrogens with one attached hydrogen (secondary N) is 1. The van der Waals surface area contributed by atoms with Crippen LogP contribution >= 0.6 is 0 Å². The lowest BCUT2D eigenvalue weighted by Gasteiger charge is -2.33. The first-order valence-corrected chi connectivity index (χ1v) is 7.14. The van der Waals surface area contributed by atoms with Crippen molar-refractivity contribution in [2.75, 3.05) is 19.3 Å². The van der Waals surface area contributed by atoms with Crippen LogP contribution < -0.4 is 5.32 Å². The van der Waals surface area contributed by atoms with E-state index in [0.717, 1.165) is 6.26 Å². The van der Waals surface area contributed by atoms with Gasteiger partial charge in [0.1, 0.15) is 6.04 Å². The van der Waals surface area contributed by atoms with E-state index in [1.54, 1.807) is 24.3 Å². The van der Waals surface area contributed by atoms with Crippen molar-refractivity contribution in [3.8, 4) is 0 Å². The molecule has 6 heteroatoms. The summed E-state index contributed by atoms with van der Waals surface area (Å²) in [5.41, 5.74) is 0.690. The van der Waals surface area contributed by atoms with Gasteiger partial charge in [0, 0.05) is 13.1 Å². The quantitative estimate of drug-likeness (QED) is 0.815. The summed E-state index contributed by atoms with van der Waals surface area (Å²) in [6, 6.07) is 8.17. The van der Waals surface area contributed by atoms with Gasteiger partial charge in [-0.1, -0.05) is 30.3 Å². The molecule has 1 atom stereocenters. The SMILES string of the molecule is CS(=O)(=O)N1CCNC(=O)C1c1ccccc1. The number of piperazine rings is 1. The maximum absolute atomic E-state index is 11.8. The molecular formula is C11H14N2O3S. The molecule has 1 aromatic rings. The molecule has 1 saturated heterocycles. The maximum Gasteiger partial charge on any atom is 0.243 e. The smallest absolute Gasteiger partial charge is 0.243 e. The minimum Gasteiger partial charge on any atom is -0.353 e. The van der Waals surface area contributed by atoms with E-state index in [2.05, 4.69) is 5.32 Å². The fraction of sp³-hybridized carbons (Fsp3) is 0.364. The zero-order valence-electron chi connectivity index (χ0n) is 9.46. The van der Waals surface area contributed by atoms with Crippen LogP contribution in [-0.2, 0) is 14.8 Å². The minimum absolute atomic E-state index is 0.270. The Labute approximate surface area is 100 Å². The van der Waals surface area contributed by atoms with E-state index in [0.29, 0.717) is 18.7 Å². The van der Waals surface area contributed by atoms with Gasteiger partial charge >= 0.3 is 0 Å². The van der Waals surface area contributed by atoms with Crippen molar-refractivity contribution < 1.29 is 13.2 Å². The average molecular weight is 254 g/mol. The Morgan fingerprint density at radius 1 is 1.29 bits per heavy atom. The summed E-state index contributed by atoms with van der Waals surface area (Å²) < 4.78 is 24.6. The number of carbonyl (C=O) groups is 1. The summed E-state index contributed by atoms with van der Waals surface area (Å²) in [7, 11) is -3.38. The van der Waals surface area contributed by atoms with Crippen molar-refractivity contribution in [1.29, 1.82) is 0 Å². The van der Waals surface area contributed by atoms with Gasteiger partial charge in [-0.2, -0.15) is 4.31 Å². The first-order valence-electron chi connectivity index (χ1n) is 5.29. The predicted octanol–water partition coefficient (Wildman–Crippen LogP) is 0.119. The number of sulfonamides is 1. The molecule has 92 valence electrons. The Kier molecular flexibility index (Phi) is 3.17. The van der Waals surface area contributed by atoms with Crippen LogP contribution in [0.15, 0.2) is 30.3 Å². The lowest BCUT2D eigenvalue weighted by atomic mass is 10.1. The van der Waals surface area contributed by atoms with Gasteiger partial charge in [0.25, 0.3) is 0 Å². The molecule has 0 aliphatic carbocycles. The minimum atomic E-state index is -3.38. The lowest BCUT2D eigenvalue weighted by molar-refractivity contribution is -0.126. The van der Waals surface area contributed by atoms with Crippen LogP contribution in [0.5, 0.6) is 0 Å². The molecule has 0 bridgehead atoms. The molecule has 2 rings (SSSR count). The average Bonchev–Trinajstić information content (AvgIpc) is 2.28. The van der Waals surface area contributed by atoms with Crippen LogP contribution in [-0.4, -0.2) is 38.0 Å². The second kappa shape index (κ2) is 4.46. The van der Waals surface area contributed by atoms with Crippen LogP contribution in [0, 0.1) is 0 Å². The van der Waals surface area contributed by atoms with Gasteiger partial charge in [0.05, 0.1) is 6.26 Å². The zero-order valence-corrected chi connectivity index (χ0v) is 10.3.